The number of aromatic carboxylic acids is 1. The van der Waals surface area contributed by atoms with Gasteiger partial charge in [-0.2, -0.15) is 10.2 Å². The molecule has 0 bridgehead atoms. The first-order chi connectivity index (χ1) is 14.5. The van der Waals surface area contributed by atoms with Crippen molar-refractivity contribution in [3.8, 4) is 5.95 Å². The number of carbonyl (C=O) groups is 1. The van der Waals surface area contributed by atoms with Gasteiger partial charge in [0.15, 0.2) is 5.52 Å². The molecule has 5 aromatic rings. The molecule has 0 aliphatic carbocycles. The van der Waals surface area contributed by atoms with Crippen LogP contribution in [0.25, 0.3) is 27.8 Å². The van der Waals surface area contributed by atoms with E-state index in [1.54, 1.807) is 4.68 Å². The molecule has 0 amide bonds. The Kier molecular flexibility index (Phi) is 3.95. The van der Waals surface area contributed by atoms with Crippen molar-refractivity contribution in [2.75, 3.05) is 0 Å². The van der Waals surface area contributed by atoms with E-state index < -0.39 is 5.97 Å². The van der Waals surface area contributed by atoms with E-state index >= 15 is 0 Å². The van der Waals surface area contributed by atoms with Gasteiger partial charge >= 0.3 is 5.97 Å². The van der Waals surface area contributed by atoms with Crippen LogP contribution in [0.15, 0.2) is 59.8 Å². The molecule has 0 fully saturated rings. The van der Waals surface area contributed by atoms with Gasteiger partial charge in [-0.15, -0.1) is 0 Å². The monoisotopic (exact) mass is 400 g/mol. The summed E-state index contributed by atoms with van der Waals surface area (Å²) in [5.74, 6) is -0.983. The minimum atomic E-state index is -1.11. The van der Waals surface area contributed by atoms with Crippen LogP contribution in [-0.4, -0.2) is 40.6 Å². The third kappa shape index (κ3) is 3.02. The molecular formula is C21H16N6O3. The fourth-order valence-electron chi connectivity index (χ4n) is 3.46. The zero-order chi connectivity index (χ0) is 20.8. The Morgan fingerprint density at radius 1 is 1.10 bits per heavy atom. The summed E-state index contributed by atoms with van der Waals surface area (Å²) in [6.45, 7) is 2.48. The number of aromatic nitrogens is 6. The van der Waals surface area contributed by atoms with Gasteiger partial charge in [-0.1, -0.05) is 35.9 Å². The normalized spacial score (nSPS) is 11.4. The molecule has 0 saturated heterocycles. The summed E-state index contributed by atoms with van der Waals surface area (Å²) >= 11 is 0. The van der Waals surface area contributed by atoms with E-state index in [1.807, 2.05) is 6.07 Å². The molecule has 9 nitrogen and oxygen atoms in total. The Balaban J connectivity index is 1.52. The van der Waals surface area contributed by atoms with Gasteiger partial charge in [0, 0.05) is 6.20 Å². The van der Waals surface area contributed by atoms with E-state index in [-0.39, 0.29) is 17.1 Å². The molecule has 2 N–H and O–H groups in total. The van der Waals surface area contributed by atoms with Crippen LogP contribution in [-0.2, 0) is 6.54 Å². The number of H-pyrrole nitrogens is 1. The Labute approximate surface area is 169 Å². The number of fused-ring (bicyclic) bond motifs is 2. The van der Waals surface area contributed by atoms with Crippen LogP contribution in [0.4, 0.5) is 0 Å². The minimum absolute atomic E-state index is 0.0000565. The molecule has 9 heteroatoms. The molecule has 0 unspecified atom stereocenters. The number of aromatic amines is 1. The predicted octanol–water partition coefficient (Wildman–Crippen LogP) is 2.51. The molecular weight excluding hydrogens is 384 g/mol. The zero-order valence-electron chi connectivity index (χ0n) is 15.9. The molecule has 5 rings (SSSR count). The lowest BCUT2D eigenvalue weighted by atomic mass is 10.0. The maximum absolute atomic E-state index is 12.7. The van der Waals surface area contributed by atoms with Crippen molar-refractivity contribution in [2.45, 2.75) is 13.5 Å². The summed E-state index contributed by atoms with van der Waals surface area (Å²) < 4.78 is 2.82. The molecule has 2 aromatic carbocycles. The molecule has 0 radical (unpaired) electrons. The number of benzene rings is 2. The standard InChI is InChI=1S/C21H16N6O3/c1-12-2-4-15-7-13(3-5-14(15)6-12)10-26-18-17(9-23-26)24-21(25-19(18)28)27-11-16(8-22-27)20(29)30/h2-9,11H,10H2,1H3,(H,29,30)(H,24,25,28). The van der Waals surface area contributed by atoms with Gasteiger partial charge in [-0.05, 0) is 29.3 Å². The van der Waals surface area contributed by atoms with E-state index in [4.69, 9.17) is 5.11 Å². The van der Waals surface area contributed by atoms with E-state index in [0.717, 1.165) is 16.3 Å². The lowest BCUT2D eigenvalue weighted by molar-refractivity contribution is 0.0697. The first-order valence-electron chi connectivity index (χ1n) is 9.21. The number of rotatable bonds is 4. The predicted molar refractivity (Wildman–Crippen MR) is 110 cm³/mol. The molecule has 30 heavy (non-hydrogen) atoms. The lowest BCUT2D eigenvalue weighted by Crippen LogP contribution is -2.17. The van der Waals surface area contributed by atoms with Crippen LogP contribution < -0.4 is 5.56 Å². The highest BCUT2D eigenvalue weighted by Crippen LogP contribution is 2.19. The number of carboxylic acids is 1. The van der Waals surface area contributed by atoms with Crippen molar-refractivity contribution in [1.82, 2.24) is 29.5 Å². The summed E-state index contributed by atoms with van der Waals surface area (Å²) in [6.07, 6.45) is 3.99. The van der Waals surface area contributed by atoms with Crippen LogP contribution in [0, 0.1) is 6.92 Å². The second-order valence-electron chi connectivity index (χ2n) is 7.09. The molecule has 0 aliphatic heterocycles. The second kappa shape index (κ2) is 6.66. The Hall–Kier alpha value is -4.27. The van der Waals surface area contributed by atoms with Gasteiger partial charge in [0.05, 0.1) is 24.5 Å². The fraction of sp³-hybridized carbons (Fsp3) is 0.0952. The number of carboxylic acid groups (broad SMARTS) is 1. The summed E-state index contributed by atoms with van der Waals surface area (Å²) in [4.78, 5) is 30.8. The van der Waals surface area contributed by atoms with Crippen LogP contribution in [0.3, 0.4) is 0 Å². The average Bonchev–Trinajstić information content (AvgIpc) is 3.36. The van der Waals surface area contributed by atoms with Crippen molar-refractivity contribution < 1.29 is 9.90 Å². The van der Waals surface area contributed by atoms with E-state index in [1.165, 1.54) is 28.8 Å². The van der Waals surface area contributed by atoms with E-state index in [9.17, 15) is 9.59 Å². The maximum Gasteiger partial charge on any atom is 0.338 e. The van der Waals surface area contributed by atoms with Gasteiger partial charge < -0.3 is 5.11 Å². The molecule has 0 aliphatic rings. The van der Waals surface area contributed by atoms with Crippen LogP contribution in [0.5, 0.6) is 0 Å². The van der Waals surface area contributed by atoms with Gasteiger partial charge in [-0.25, -0.2) is 14.5 Å². The SMILES string of the molecule is Cc1ccc2cc(Cn3ncc4nc(-n5cc(C(=O)O)cn5)[nH]c(=O)c43)ccc2c1. The highest BCUT2D eigenvalue weighted by Gasteiger charge is 2.14. The van der Waals surface area contributed by atoms with Crippen molar-refractivity contribution in [2.24, 2.45) is 0 Å². The third-order valence-electron chi connectivity index (χ3n) is 4.93. The van der Waals surface area contributed by atoms with Gasteiger partial charge in [-0.3, -0.25) is 14.5 Å². The number of nitrogens with one attached hydrogen (secondary N) is 1. The van der Waals surface area contributed by atoms with E-state index in [0.29, 0.717) is 17.6 Å². The minimum Gasteiger partial charge on any atom is -0.478 e. The summed E-state index contributed by atoms with van der Waals surface area (Å²) in [5, 5.41) is 19.6. The quantitative estimate of drug-likeness (QED) is 0.478. The number of aryl methyl sites for hydroxylation is 1. The van der Waals surface area contributed by atoms with Crippen LogP contribution >= 0.6 is 0 Å². The van der Waals surface area contributed by atoms with Crippen LogP contribution in [0.2, 0.25) is 0 Å². The second-order valence-corrected chi connectivity index (χ2v) is 7.09. The van der Waals surface area contributed by atoms with Crippen molar-refractivity contribution >= 4 is 27.8 Å². The first-order valence-corrected chi connectivity index (χ1v) is 9.21. The molecule has 3 heterocycles. The lowest BCUT2D eigenvalue weighted by Gasteiger charge is -2.06. The summed E-state index contributed by atoms with van der Waals surface area (Å²) in [7, 11) is 0. The number of hydrogen-bond donors (Lipinski definition) is 2. The Morgan fingerprint density at radius 3 is 2.70 bits per heavy atom. The third-order valence-corrected chi connectivity index (χ3v) is 4.93. The molecule has 3 aromatic heterocycles. The van der Waals surface area contributed by atoms with Gasteiger partial charge in [0.2, 0.25) is 5.95 Å². The van der Waals surface area contributed by atoms with Crippen molar-refractivity contribution in [3.63, 3.8) is 0 Å². The van der Waals surface area contributed by atoms with Gasteiger partial charge in [0.1, 0.15) is 5.52 Å². The Morgan fingerprint density at radius 2 is 1.90 bits per heavy atom. The first kappa shape index (κ1) is 17.8. The van der Waals surface area contributed by atoms with Crippen molar-refractivity contribution in [3.05, 3.63) is 82.0 Å². The van der Waals surface area contributed by atoms with E-state index in [2.05, 4.69) is 57.4 Å². The zero-order valence-corrected chi connectivity index (χ0v) is 15.9. The topological polar surface area (TPSA) is 119 Å². The summed E-state index contributed by atoms with van der Waals surface area (Å²) in [6, 6.07) is 12.4. The molecule has 148 valence electrons. The Bertz CT molecular complexity index is 1490. The summed E-state index contributed by atoms with van der Waals surface area (Å²) in [5.41, 5.74) is 2.58. The average molecular weight is 400 g/mol. The van der Waals surface area contributed by atoms with Gasteiger partial charge in [0.25, 0.3) is 5.56 Å². The number of nitrogens with zero attached hydrogens (tertiary/aromatic N) is 5. The highest BCUT2D eigenvalue weighted by atomic mass is 16.4. The van der Waals surface area contributed by atoms with Crippen molar-refractivity contribution in [1.29, 1.82) is 0 Å². The number of hydrogen-bond acceptors (Lipinski definition) is 5. The molecule has 0 atom stereocenters. The fourth-order valence-corrected chi connectivity index (χ4v) is 3.46. The highest BCUT2D eigenvalue weighted by molar-refractivity contribution is 5.87. The molecule has 0 spiro atoms. The smallest absolute Gasteiger partial charge is 0.338 e. The largest absolute Gasteiger partial charge is 0.478 e. The van der Waals surface area contributed by atoms with Crippen LogP contribution in [0.1, 0.15) is 21.5 Å². The molecule has 0 saturated carbocycles. The maximum atomic E-state index is 12.7.